The summed E-state index contributed by atoms with van der Waals surface area (Å²) in [5.74, 6) is -1.30. The van der Waals surface area contributed by atoms with Gasteiger partial charge in [-0.1, -0.05) is 6.07 Å². The molecule has 0 amide bonds. The molecule has 0 aliphatic heterocycles. The predicted octanol–water partition coefficient (Wildman–Crippen LogP) is 2.73. The lowest BCUT2D eigenvalue weighted by molar-refractivity contribution is 0.483. The maximum Gasteiger partial charge on any atom is 0.339 e. The summed E-state index contributed by atoms with van der Waals surface area (Å²) in [6.45, 7) is 0. The van der Waals surface area contributed by atoms with Gasteiger partial charge in [-0.15, -0.1) is 0 Å². The zero-order valence-corrected chi connectivity index (χ0v) is 9.82. The molecular formula is C12H8F2O3S. The summed E-state index contributed by atoms with van der Waals surface area (Å²) < 4.78 is 53.8. The first kappa shape index (κ1) is 12.5. The van der Waals surface area contributed by atoms with Crippen molar-refractivity contribution < 1.29 is 21.4 Å². The van der Waals surface area contributed by atoms with Gasteiger partial charge in [0.2, 0.25) is 0 Å². The maximum absolute atomic E-state index is 12.9. The number of hydrogen-bond acceptors (Lipinski definition) is 3. The summed E-state index contributed by atoms with van der Waals surface area (Å²) >= 11 is 0. The number of benzene rings is 2. The Balaban J connectivity index is 2.30. The van der Waals surface area contributed by atoms with Crippen LogP contribution in [0.5, 0.6) is 5.75 Å². The number of rotatable bonds is 3. The van der Waals surface area contributed by atoms with Gasteiger partial charge in [-0.25, -0.2) is 8.78 Å². The van der Waals surface area contributed by atoms with Crippen molar-refractivity contribution in [2.24, 2.45) is 0 Å². The van der Waals surface area contributed by atoms with E-state index in [1.807, 2.05) is 0 Å². The van der Waals surface area contributed by atoms with Gasteiger partial charge in [-0.3, -0.25) is 0 Å². The fourth-order valence-corrected chi connectivity index (χ4v) is 2.22. The van der Waals surface area contributed by atoms with E-state index < -0.39 is 21.8 Å². The summed E-state index contributed by atoms with van der Waals surface area (Å²) in [5.41, 5.74) is 0. The Morgan fingerprint density at radius 3 is 2.17 bits per heavy atom. The molecule has 0 aliphatic carbocycles. The Morgan fingerprint density at radius 1 is 0.889 bits per heavy atom. The van der Waals surface area contributed by atoms with Gasteiger partial charge in [-0.05, 0) is 36.4 Å². The minimum Gasteiger partial charge on any atom is -0.379 e. The summed E-state index contributed by atoms with van der Waals surface area (Å²) in [6.07, 6.45) is 0. The third kappa shape index (κ3) is 2.84. The quantitative estimate of drug-likeness (QED) is 0.805. The predicted molar refractivity (Wildman–Crippen MR) is 60.6 cm³/mol. The SMILES string of the molecule is O=S(=O)(Oc1cccc(F)c1)c1ccc(F)cc1. The van der Waals surface area contributed by atoms with Crippen LogP contribution in [-0.2, 0) is 10.1 Å². The Kier molecular flexibility index (Phi) is 3.29. The standard InChI is InChI=1S/C12H8F2O3S/c13-9-4-6-12(7-5-9)18(15,16)17-11-3-1-2-10(14)8-11/h1-8H. The van der Waals surface area contributed by atoms with Crippen LogP contribution in [-0.4, -0.2) is 8.42 Å². The molecule has 0 bridgehead atoms. The highest BCUT2D eigenvalue weighted by atomic mass is 32.2. The summed E-state index contributed by atoms with van der Waals surface area (Å²) in [4.78, 5) is -0.201. The van der Waals surface area contributed by atoms with Crippen molar-refractivity contribution in [2.75, 3.05) is 0 Å². The van der Waals surface area contributed by atoms with Crippen LogP contribution in [0, 0.1) is 11.6 Å². The molecule has 0 atom stereocenters. The van der Waals surface area contributed by atoms with E-state index in [1.165, 1.54) is 12.1 Å². The Labute approximate surface area is 103 Å². The number of hydrogen-bond donors (Lipinski definition) is 0. The summed E-state index contributed by atoms with van der Waals surface area (Å²) in [7, 11) is -4.08. The van der Waals surface area contributed by atoms with Crippen LogP contribution >= 0.6 is 0 Å². The molecule has 18 heavy (non-hydrogen) atoms. The maximum atomic E-state index is 12.9. The number of halogens is 2. The van der Waals surface area contributed by atoms with E-state index in [-0.39, 0.29) is 10.6 Å². The van der Waals surface area contributed by atoms with Crippen LogP contribution in [0.3, 0.4) is 0 Å². The minimum absolute atomic E-state index is 0.140. The first-order valence-corrected chi connectivity index (χ1v) is 6.34. The van der Waals surface area contributed by atoms with Gasteiger partial charge < -0.3 is 4.18 Å². The van der Waals surface area contributed by atoms with Gasteiger partial charge in [0.25, 0.3) is 0 Å². The molecule has 0 heterocycles. The van der Waals surface area contributed by atoms with Crippen molar-refractivity contribution in [3.63, 3.8) is 0 Å². The first-order chi connectivity index (χ1) is 8.47. The second-order valence-corrected chi connectivity index (χ2v) is 5.00. The normalized spacial score (nSPS) is 11.2. The minimum atomic E-state index is -4.08. The van der Waals surface area contributed by atoms with Crippen molar-refractivity contribution in [3.8, 4) is 5.75 Å². The van der Waals surface area contributed by atoms with Gasteiger partial charge in [0.15, 0.2) is 0 Å². The molecule has 0 aromatic heterocycles. The van der Waals surface area contributed by atoms with Gasteiger partial charge in [-0.2, -0.15) is 8.42 Å². The van der Waals surface area contributed by atoms with Crippen molar-refractivity contribution in [1.82, 2.24) is 0 Å². The zero-order valence-electron chi connectivity index (χ0n) is 9.01. The lowest BCUT2D eigenvalue weighted by Crippen LogP contribution is -2.09. The third-order valence-corrected chi connectivity index (χ3v) is 3.37. The van der Waals surface area contributed by atoms with Gasteiger partial charge >= 0.3 is 10.1 Å². The Bertz CT molecular complexity index is 651. The zero-order chi connectivity index (χ0) is 13.2. The van der Waals surface area contributed by atoms with Crippen LogP contribution < -0.4 is 4.18 Å². The van der Waals surface area contributed by atoms with Gasteiger partial charge in [0, 0.05) is 6.07 Å². The fourth-order valence-electron chi connectivity index (χ4n) is 1.29. The molecule has 94 valence electrons. The molecule has 0 saturated carbocycles. The van der Waals surface area contributed by atoms with Crippen molar-refractivity contribution in [3.05, 3.63) is 60.2 Å². The monoisotopic (exact) mass is 270 g/mol. The van der Waals surface area contributed by atoms with Crippen LogP contribution in [0.2, 0.25) is 0 Å². The lowest BCUT2D eigenvalue weighted by Gasteiger charge is -2.06. The Morgan fingerprint density at radius 2 is 1.56 bits per heavy atom. The second-order valence-electron chi connectivity index (χ2n) is 3.45. The van der Waals surface area contributed by atoms with E-state index in [0.29, 0.717) is 0 Å². The van der Waals surface area contributed by atoms with Crippen molar-refractivity contribution in [1.29, 1.82) is 0 Å². The highest BCUT2D eigenvalue weighted by molar-refractivity contribution is 7.87. The molecule has 0 saturated heterocycles. The van der Waals surface area contributed by atoms with E-state index in [0.717, 1.165) is 36.4 Å². The van der Waals surface area contributed by atoms with Crippen LogP contribution in [0.1, 0.15) is 0 Å². The highest BCUT2D eigenvalue weighted by Crippen LogP contribution is 2.19. The smallest absolute Gasteiger partial charge is 0.339 e. The first-order valence-electron chi connectivity index (χ1n) is 4.93. The van der Waals surface area contributed by atoms with E-state index >= 15 is 0 Å². The van der Waals surface area contributed by atoms with Crippen molar-refractivity contribution >= 4 is 10.1 Å². The van der Waals surface area contributed by atoms with Crippen molar-refractivity contribution in [2.45, 2.75) is 4.90 Å². The molecule has 3 nitrogen and oxygen atoms in total. The third-order valence-electron chi connectivity index (χ3n) is 2.10. The molecule has 2 aromatic carbocycles. The molecule has 0 spiro atoms. The van der Waals surface area contributed by atoms with E-state index in [9.17, 15) is 17.2 Å². The highest BCUT2D eigenvalue weighted by Gasteiger charge is 2.16. The summed E-state index contributed by atoms with van der Waals surface area (Å²) in [5, 5.41) is 0. The van der Waals surface area contributed by atoms with E-state index in [2.05, 4.69) is 0 Å². The lowest BCUT2D eigenvalue weighted by atomic mass is 10.3. The molecule has 0 N–H and O–H groups in total. The second kappa shape index (κ2) is 4.73. The molecule has 0 radical (unpaired) electrons. The van der Waals surface area contributed by atoms with Crippen LogP contribution in [0.25, 0.3) is 0 Å². The van der Waals surface area contributed by atoms with E-state index in [4.69, 9.17) is 4.18 Å². The molecule has 2 aromatic rings. The van der Waals surface area contributed by atoms with Gasteiger partial charge in [0.05, 0.1) is 0 Å². The summed E-state index contributed by atoms with van der Waals surface area (Å²) in [6, 6.07) is 8.89. The average molecular weight is 270 g/mol. The Hall–Kier alpha value is -1.95. The molecule has 6 heteroatoms. The molecule has 2 rings (SSSR count). The largest absolute Gasteiger partial charge is 0.379 e. The molecular weight excluding hydrogens is 262 g/mol. The topological polar surface area (TPSA) is 43.4 Å². The average Bonchev–Trinajstić information content (AvgIpc) is 2.29. The molecule has 0 fully saturated rings. The fraction of sp³-hybridized carbons (Fsp3) is 0. The van der Waals surface area contributed by atoms with Crippen LogP contribution in [0.15, 0.2) is 53.4 Å². The van der Waals surface area contributed by atoms with Gasteiger partial charge in [0.1, 0.15) is 22.3 Å². The van der Waals surface area contributed by atoms with Crippen LogP contribution in [0.4, 0.5) is 8.78 Å². The molecule has 0 aliphatic rings. The molecule has 0 unspecified atom stereocenters. The van der Waals surface area contributed by atoms with E-state index in [1.54, 1.807) is 0 Å².